The molecule has 0 radical (unpaired) electrons. The Bertz CT molecular complexity index is 430. The normalized spacial score (nSPS) is 16.2. The van der Waals surface area contributed by atoms with Gasteiger partial charge in [0.2, 0.25) is 0 Å². The van der Waals surface area contributed by atoms with Gasteiger partial charge in [0.15, 0.2) is 0 Å². The van der Waals surface area contributed by atoms with Crippen LogP contribution in [0.1, 0.15) is 19.8 Å². The van der Waals surface area contributed by atoms with Gasteiger partial charge in [0.25, 0.3) is 0 Å². The maximum Gasteiger partial charge on any atom is 0.409 e. The summed E-state index contributed by atoms with van der Waals surface area (Å²) in [7, 11) is 0. The lowest BCUT2D eigenvalue weighted by Gasteiger charge is -2.32. The van der Waals surface area contributed by atoms with Gasteiger partial charge < -0.3 is 20.7 Å². The molecular weight excluding hydrogens is 244 g/mol. The number of hydrogen-bond donors (Lipinski definition) is 2. The number of ether oxygens (including phenoxy) is 1. The van der Waals surface area contributed by atoms with Gasteiger partial charge in [-0.05, 0) is 31.9 Å². The number of carbonyl (C=O) groups excluding carboxylic acids is 1. The van der Waals surface area contributed by atoms with Crippen LogP contribution in [0.5, 0.6) is 0 Å². The number of carbonyl (C=O) groups is 1. The molecule has 2 rings (SSSR count). The number of hydrogen-bond acceptors (Lipinski definition) is 5. The Morgan fingerprint density at radius 3 is 2.95 bits per heavy atom. The van der Waals surface area contributed by atoms with Crippen molar-refractivity contribution in [3.63, 3.8) is 0 Å². The predicted octanol–water partition coefficient (Wildman–Crippen LogP) is 1.70. The Hall–Kier alpha value is -1.98. The Morgan fingerprint density at radius 1 is 1.58 bits per heavy atom. The number of likely N-dealkylation sites (tertiary alicyclic amines) is 1. The van der Waals surface area contributed by atoms with Gasteiger partial charge in [0, 0.05) is 25.3 Å². The third kappa shape index (κ3) is 3.49. The number of rotatable bonds is 3. The summed E-state index contributed by atoms with van der Waals surface area (Å²) in [5.74, 6) is 0.720. The SMILES string of the molecule is CCOC(=O)N1CCC(Nc2ncccc2N)CC1. The number of anilines is 2. The Kier molecular flexibility index (Phi) is 4.43. The average molecular weight is 264 g/mol. The van der Waals surface area contributed by atoms with Crippen LogP contribution >= 0.6 is 0 Å². The van der Waals surface area contributed by atoms with Crippen LogP contribution in [0.2, 0.25) is 0 Å². The van der Waals surface area contributed by atoms with Crippen molar-refractivity contribution in [2.24, 2.45) is 0 Å². The summed E-state index contributed by atoms with van der Waals surface area (Å²) in [6.07, 6.45) is 3.23. The zero-order valence-corrected chi connectivity index (χ0v) is 11.1. The van der Waals surface area contributed by atoms with Gasteiger partial charge in [-0.1, -0.05) is 0 Å². The van der Waals surface area contributed by atoms with Crippen LogP contribution in [0.3, 0.4) is 0 Å². The molecule has 19 heavy (non-hydrogen) atoms. The first-order chi connectivity index (χ1) is 9.20. The van der Waals surface area contributed by atoms with Crippen LogP contribution in [-0.4, -0.2) is 41.7 Å². The molecule has 6 nitrogen and oxygen atoms in total. The third-order valence-corrected chi connectivity index (χ3v) is 3.20. The second kappa shape index (κ2) is 6.26. The smallest absolute Gasteiger partial charge is 0.409 e. The summed E-state index contributed by atoms with van der Waals surface area (Å²) < 4.78 is 4.99. The largest absolute Gasteiger partial charge is 0.450 e. The van der Waals surface area contributed by atoms with Gasteiger partial charge in [-0.3, -0.25) is 0 Å². The molecule has 1 aromatic rings. The maximum absolute atomic E-state index is 11.6. The molecule has 0 atom stereocenters. The van der Waals surface area contributed by atoms with E-state index in [4.69, 9.17) is 10.5 Å². The van der Waals surface area contributed by atoms with Crippen LogP contribution in [0, 0.1) is 0 Å². The molecule has 0 bridgehead atoms. The van der Waals surface area contributed by atoms with Crippen molar-refractivity contribution in [2.45, 2.75) is 25.8 Å². The molecule has 3 N–H and O–H groups in total. The highest BCUT2D eigenvalue weighted by atomic mass is 16.6. The van der Waals surface area contributed by atoms with Gasteiger partial charge in [-0.2, -0.15) is 0 Å². The molecular formula is C13H20N4O2. The minimum Gasteiger partial charge on any atom is -0.450 e. The third-order valence-electron chi connectivity index (χ3n) is 3.20. The number of nitrogens with zero attached hydrogens (tertiary/aromatic N) is 2. The quantitative estimate of drug-likeness (QED) is 0.868. The van der Waals surface area contributed by atoms with Crippen LogP contribution in [0.25, 0.3) is 0 Å². The molecule has 1 aliphatic heterocycles. The molecule has 0 aromatic carbocycles. The lowest BCUT2D eigenvalue weighted by Crippen LogP contribution is -2.42. The number of pyridine rings is 1. The van der Waals surface area contributed by atoms with E-state index in [1.54, 1.807) is 11.1 Å². The Balaban J connectivity index is 1.84. The highest BCUT2D eigenvalue weighted by Crippen LogP contribution is 2.19. The van der Waals surface area contributed by atoms with Gasteiger partial charge in [0.1, 0.15) is 5.82 Å². The van der Waals surface area contributed by atoms with Crippen LogP contribution < -0.4 is 11.1 Å². The van der Waals surface area contributed by atoms with Crippen LogP contribution in [-0.2, 0) is 4.74 Å². The van der Waals surface area contributed by atoms with Gasteiger partial charge in [-0.25, -0.2) is 9.78 Å². The summed E-state index contributed by atoms with van der Waals surface area (Å²) in [6, 6.07) is 3.93. The lowest BCUT2D eigenvalue weighted by atomic mass is 10.1. The fourth-order valence-corrected chi connectivity index (χ4v) is 2.15. The Labute approximate surface area is 112 Å². The van der Waals surface area contributed by atoms with E-state index in [1.165, 1.54) is 0 Å². The van der Waals surface area contributed by atoms with Crippen LogP contribution in [0.4, 0.5) is 16.3 Å². The summed E-state index contributed by atoms with van der Waals surface area (Å²) in [5.41, 5.74) is 6.49. The van der Waals surface area contributed by atoms with Crippen molar-refractivity contribution in [2.75, 3.05) is 30.7 Å². The van der Waals surface area contributed by atoms with Crippen molar-refractivity contribution in [1.29, 1.82) is 0 Å². The second-order valence-corrected chi connectivity index (χ2v) is 4.55. The first-order valence-corrected chi connectivity index (χ1v) is 6.59. The molecule has 0 spiro atoms. The van der Waals surface area contributed by atoms with E-state index < -0.39 is 0 Å². The lowest BCUT2D eigenvalue weighted by molar-refractivity contribution is 0.0983. The number of nitrogen functional groups attached to an aromatic ring is 1. The molecule has 6 heteroatoms. The first kappa shape index (κ1) is 13.5. The zero-order chi connectivity index (χ0) is 13.7. The van der Waals surface area contributed by atoms with Crippen molar-refractivity contribution in [3.8, 4) is 0 Å². The number of piperidine rings is 1. The molecule has 2 heterocycles. The number of nitrogens with two attached hydrogens (primary N) is 1. The van der Waals surface area contributed by atoms with Crippen molar-refractivity contribution in [3.05, 3.63) is 18.3 Å². The van der Waals surface area contributed by atoms with E-state index in [-0.39, 0.29) is 6.09 Å². The van der Waals surface area contributed by atoms with E-state index in [0.29, 0.717) is 31.4 Å². The molecule has 0 unspecified atom stereocenters. The van der Waals surface area contributed by atoms with Gasteiger partial charge in [0.05, 0.1) is 12.3 Å². The van der Waals surface area contributed by atoms with Gasteiger partial charge >= 0.3 is 6.09 Å². The molecule has 0 saturated carbocycles. The zero-order valence-electron chi connectivity index (χ0n) is 11.1. The Morgan fingerprint density at radius 2 is 2.32 bits per heavy atom. The van der Waals surface area contributed by atoms with E-state index in [0.717, 1.165) is 18.7 Å². The fraction of sp³-hybridized carbons (Fsp3) is 0.538. The molecule has 1 aromatic heterocycles. The fourth-order valence-electron chi connectivity index (χ4n) is 2.15. The summed E-state index contributed by atoms with van der Waals surface area (Å²) >= 11 is 0. The van der Waals surface area contributed by atoms with E-state index >= 15 is 0 Å². The molecule has 1 amide bonds. The molecule has 1 aliphatic rings. The van der Waals surface area contributed by atoms with E-state index in [2.05, 4.69) is 10.3 Å². The monoisotopic (exact) mass is 264 g/mol. The minimum atomic E-state index is -0.224. The average Bonchev–Trinajstić information content (AvgIpc) is 2.42. The summed E-state index contributed by atoms with van der Waals surface area (Å²) in [6.45, 7) is 3.63. The standard InChI is InChI=1S/C13H20N4O2/c1-2-19-13(18)17-8-5-10(6-9-17)16-12-11(14)4-3-7-15-12/h3-4,7,10H,2,5-6,8-9,14H2,1H3,(H,15,16). The molecule has 0 aliphatic carbocycles. The number of nitrogens with one attached hydrogen (secondary N) is 1. The van der Waals surface area contributed by atoms with E-state index in [9.17, 15) is 4.79 Å². The minimum absolute atomic E-state index is 0.224. The number of amides is 1. The van der Waals surface area contributed by atoms with Crippen molar-refractivity contribution < 1.29 is 9.53 Å². The van der Waals surface area contributed by atoms with Crippen LogP contribution in [0.15, 0.2) is 18.3 Å². The highest BCUT2D eigenvalue weighted by Gasteiger charge is 2.23. The highest BCUT2D eigenvalue weighted by molar-refractivity contribution is 5.67. The summed E-state index contributed by atoms with van der Waals surface area (Å²) in [4.78, 5) is 17.5. The number of aromatic nitrogens is 1. The summed E-state index contributed by atoms with van der Waals surface area (Å²) in [5, 5.41) is 3.33. The first-order valence-electron chi connectivity index (χ1n) is 6.59. The van der Waals surface area contributed by atoms with Gasteiger partial charge in [-0.15, -0.1) is 0 Å². The molecule has 104 valence electrons. The predicted molar refractivity (Wildman–Crippen MR) is 73.9 cm³/mol. The molecule has 1 saturated heterocycles. The van der Waals surface area contributed by atoms with Crippen molar-refractivity contribution >= 4 is 17.6 Å². The molecule has 1 fully saturated rings. The van der Waals surface area contributed by atoms with E-state index in [1.807, 2.05) is 19.1 Å². The second-order valence-electron chi connectivity index (χ2n) is 4.55. The maximum atomic E-state index is 11.6. The topological polar surface area (TPSA) is 80.5 Å². The van der Waals surface area contributed by atoms with Crippen molar-refractivity contribution in [1.82, 2.24) is 9.88 Å².